The van der Waals surface area contributed by atoms with E-state index in [0.717, 1.165) is 17.7 Å². The van der Waals surface area contributed by atoms with Gasteiger partial charge in [-0.15, -0.1) is 0 Å². The van der Waals surface area contributed by atoms with Crippen molar-refractivity contribution in [3.05, 3.63) is 51.8 Å². The number of isocyanates is 1. The fraction of sp³-hybridized carbons (Fsp3) is 0.125. The number of hydrogen-bond donors (Lipinski definition) is 1. The van der Waals surface area contributed by atoms with E-state index in [-0.39, 0.29) is 28.8 Å². The van der Waals surface area contributed by atoms with Crippen molar-refractivity contribution in [1.29, 1.82) is 0 Å². The van der Waals surface area contributed by atoms with Crippen molar-refractivity contribution >= 4 is 40.0 Å². The summed E-state index contributed by atoms with van der Waals surface area (Å²) in [7, 11) is 0. The van der Waals surface area contributed by atoms with Crippen LogP contribution >= 0.6 is 11.3 Å². The SMILES string of the molecule is O=C=Nc1c(C(=O)O)n(Cc2ccsc2)c2ccc(C(F)(F)F)cc12. The minimum Gasteiger partial charge on any atom is -0.477 e. The maximum Gasteiger partial charge on any atom is 0.416 e. The van der Waals surface area contributed by atoms with Crippen molar-refractivity contribution in [2.45, 2.75) is 12.7 Å². The highest BCUT2D eigenvalue weighted by molar-refractivity contribution is 7.07. The molecule has 5 nitrogen and oxygen atoms in total. The van der Waals surface area contributed by atoms with Gasteiger partial charge in [0.05, 0.1) is 11.1 Å². The van der Waals surface area contributed by atoms with Crippen LogP contribution in [0.1, 0.15) is 21.6 Å². The quantitative estimate of drug-likeness (QED) is 0.548. The average molecular weight is 366 g/mol. The Morgan fingerprint density at radius 1 is 1.32 bits per heavy atom. The molecule has 0 saturated carbocycles. The Morgan fingerprint density at radius 3 is 2.64 bits per heavy atom. The highest BCUT2D eigenvalue weighted by Gasteiger charge is 2.32. The standard InChI is InChI=1S/C16H9F3N2O3S/c17-16(18,19)10-1-2-12-11(5-10)13(20-8-22)14(15(23)24)21(12)6-9-3-4-25-7-9/h1-5,7H,6H2,(H,23,24). The molecule has 9 heteroatoms. The lowest BCUT2D eigenvalue weighted by atomic mass is 10.1. The van der Waals surface area contributed by atoms with Gasteiger partial charge in [0, 0.05) is 11.9 Å². The maximum atomic E-state index is 13.0. The van der Waals surface area contributed by atoms with Gasteiger partial charge in [-0.05, 0) is 40.6 Å². The summed E-state index contributed by atoms with van der Waals surface area (Å²) in [5.74, 6) is -1.39. The normalized spacial score (nSPS) is 11.5. The minimum absolute atomic E-state index is 0.0641. The van der Waals surface area contributed by atoms with E-state index >= 15 is 0 Å². The van der Waals surface area contributed by atoms with Crippen LogP contribution in [0.2, 0.25) is 0 Å². The second kappa shape index (κ2) is 6.19. The zero-order chi connectivity index (χ0) is 18.2. The summed E-state index contributed by atoms with van der Waals surface area (Å²) in [5.41, 5.74) is -0.619. The van der Waals surface area contributed by atoms with Gasteiger partial charge >= 0.3 is 12.1 Å². The van der Waals surface area contributed by atoms with Crippen molar-refractivity contribution < 1.29 is 27.9 Å². The molecular weight excluding hydrogens is 357 g/mol. The highest BCUT2D eigenvalue weighted by Crippen LogP contribution is 2.38. The number of thiophene rings is 1. The van der Waals surface area contributed by atoms with Crippen LogP contribution in [0.15, 0.2) is 40.0 Å². The molecular formula is C16H9F3N2O3S. The molecule has 25 heavy (non-hydrogen) atoms. The second-order valence-electron chi connectivity index (χ2n) is 5.15. The zero-order valence-electron chi connectivity index (χ0n) is 12.4. The number of rotatable bonds is 4. The van der Waals surface area contributed by atoms with Gasteiger partial charge in [-0.3, -0.25) is 0 Å². The predicted molar refractivity (Wildman–Crippen MR) is 85.1 cm³/mol. The molecule has 0 unspecified atom stereocenters. The molecule has 0 aliphatic rings. The summed E-state index contributed by atoms with van der Waals surface area (Å²) in [6.45, 7) is 0.126. The predicted octanol–water partition coefficient (Wildman–Crippen LogP) is 4.44. The van der Waals surface area contributed by atoms with Crippen LogP contribution in [-0.4, -0.2) is 21.7 Å². The molecule has 128 valence electrons. The molecule has 1 aromatic carbocycles. The number of carboxylic acids is 1. The lowest BCUT2D eigenvalue weighted by Crippen LogP contribution is -2.09. The molecule has 3 aromatic rings. The lowest BCUT2D eigenvalue weighted by Gasteiger charge is -2.09. The molecule has 0 aliphatic carbocycles. The van der Waals surface area contributed by atoms with Crippen molar-refractivity contribution in [2.75, 3.05) is 0 Å². The van der Waals surface area contributed by atoms with Crippen molar-refractivity contribution in [2.24, 2.45) is 4.99 Å². The summed E-state index contributed by atoms with van der Waals surface area (Å²) in [5, 5.41) is 13.0. The van der Waals surface area contributed by atoms with Crippen LogP contribution < -0.4 is 0 Å². The first-order chi connectivity index (χ1) is 11.8. The molecule has 2 aromatic heterocycles. The number of aliphatic imine (C=N–C) groups is 1. The Kier molecular flexibility index (Phi) is 4.20. The molecule has 0 atom stereocenters. The van der Waals surface area contributed by atoms with Gasteiger partial charge in [0.15, 0.2) is 5.69 Å². The molecule has 0 aliphatic heterocycles. The molecule has 3 rings (SSSR count). The fourth-order valence-corrected chi connectivity index (χ4v) is 3.28. The topological polar surface area (TPSA) is 71.7 Å². The first-order valence-electron chi connectivity index (χ1n) is 6.88. The number of alkyl halides is 3. The Bertz CT molecular complexity index is 1000. The van der Waals surface area contributed by atoms with Crippen molar-refractivity contribution in [3.63, 3.8) is 0 Å². The number of aromatic carboxylic acids is 1. The average Bonchev–Trinajstić information content (AvgIpc) is 3.14. The molecule has 0 bridgehead atoms. The summed E-state index contributed by atoms with van der Waals surface area (Å²) in [4.78, 5) is 25.7. The molecule has 0 saturated heterocycles. The number of aromatic nitrogens is 1. The van der Waals surface area contributed by atoms with Gasteiger partial charge < -0.3 is 9.67 Å². The molecule has 2 heterocycles. The fourth-order valence-electron chi connectivity index (χ4n) is 2.62. The van der Waals surface area contributed by atoms with Crippen LogP contribution in [0.25, 0.3) is 10.9 Å². The number of fused-ring (bicyclic) bond motifs is 1. The molecule has 0 radical (unpaired) electrons. The van der Waals surface area contributed by atoms with E-state index in [1.165, 1.54) is 28.1 Å². The second-order valence-corrected chi connectivity index (χ2v) is 5.93. The maximum absolute atomic E-state index is 13.0. The van der Waals surface area contributed by atoms with Crippen LogP contribution in [0, 0.1) is 0 Å². The van der Waals surface area contributed by atoms with E-state index in [1.54, 1.807) is 16.8 Å². The number of halogens is 3. The molecule has 1 N–H and O–H groups in total. The third kappa shape index (κ3) is 3.07. The first-order valence-corrected chi connectivity index (χ1v) is 7.83. The Balaban J connectivity index is 2.34. The number of hydrogen-bond acceptors (Lipinski definition) is 4. The smallest absolute Gasteiger partial charge is 0.416 e. The van der Waals surface area contributed by atoms with Gasteiger partial charge in [0.1, 0.15) is 5.69 Å². The summed E-state index contributed by atoms with van der Waals surface area (Å²) < 4.78 is 40.3. The van der Waals surface area contributed by atoms with Crippen LogP contribution in [0.3, 0.4) is 0 Å². The monoisotopic (exact) mass is 366 g/mol. The summed E-state index contributed by atoms with van der Waals surface area (Å²) in [6, 6.07) is 4.62. The summed E-state index contributed by atoms with van der Waals surface area (Å²) in [6.07, 6.45) is -3.38. The van der Waals surface area contributed by atoms with Gasteiger partial charge in [-0.1, -0.05) is 0 Å². The van der Waals surface area contributed by atoms with E-state index < -0.39 is 17.7 Å². The number of carbonyl (C=O) groups is 1. The van der Waals surface area contributed by atoms with Gasteiger partial charge in [0.25, 0.3) is 0 Å². The third-order valence-electron chi connectivity index (χ3n) is 3.64. The number of nitrogens with zero attached hydrogens (tertiary/aromatic N) is 2. The molecule has 0 spiro atoms. The third-order valence-corrected chi connectivity index (χ3v) is 4.38. The first kappa shape index (κ1) is 16.9. The lowest BCUT2D eigenvalue weighted by molar-refractivity contribution is -0.137. The number of carbonyl (C=O) groups excluding carboxylic acids is 1. The van der Waals surface area contributed by atoms with Crippen molar-refractivity contribution in [3.8, 4) is 0 Å². The van der Waals surface area contributed by atoms with E-state index in [0.29, 0.717) is 0 Å². The van der Waals surface area contributed by atoms with Crippen LogP contribution in [-0.2, 0) is 17.5 Å². The van der Waals surface area contributed by atoms with E-state index in [9.17, 15) is 27.9 Å². The van der Waals surface area contributed by atoms with Crippen LogP contribution in [0.5, 0.6) is 0 Å². The largest absolute Gasteiger partial charge is 0.477 e. The zero-order valence-corrected chi connectivity index (χ0v) is 13.2. The minimum atomic E-state index is -4.60. The summed E-state index contributed by atoms with van der Waals surface area (Å²) >= 11 is 1.41. The number of benzene rings is 1. The van der Waals surface area contributed by atoms with Gasteiger partial charge in [0.2, 0.25) is 6.08 Å². The van der Waals surface area contributed by atoms with Gasteiger partial charge in [-0.25, -0.2) is 9.59 Å². The van der Waals surface area contributed by atoms with E-state index in [2.05, 4.69) is 4.99 Å². The van der Waals surface area contributed by atoms with Crippen LogP contribution in [0.4, 0.5) is 18.9 Å². The van der Waals surface area contributed by atoms with E-state index in [4.69, 9.17) is 0 Å². The van der Waals surface area contributed by atoms with Gasteiger partial charge in [-0.2, -0.15) is 29.5 Å². The molecule has 0 fully saturated rings. The molecule has 0 amide bonds. The van der Waals surface area contributed by atoms with E-state index in [1.807, 2.05) is 0 Å². The Labute approximate surface area is 142 Å². The van der Waals surface area contributed by atoms with Crippen molar-refractivity contribution in [1.82, 2.24) is 4.57 Å². The Morgan fingerprint density at radius 2 is 2.08 bits per heavy atom. The number of carboxylic acid groups (broad SMARTS) is 1. The highest BCUT2D eigenvalue weighted by atomic mass is 32.1. The Hall–Kier alpha value is -2.90.